The molecule has 0 aliphatic rings. The van der Waals surface area contributed by atoms with E-state index in [4.69, 9.17) is 14.2 Å². The number of methoxy groups -OCH3 is 1. The molecule has 0 bridgehead atoms. The van der Waals surface area contributed by atoms with Crippen LogP contribution in [-0.2, 0) is 26.1 Å². The third-order valence-corrected chi connectivity index (χ3v) is 7.89. The Kier molecular flexibility index (Phi) is 9.21. The van der Waals surface area contributed by atoms with E-state index in [1.165, 1.54) is 18.7 Å². The number of carbonyl (C=O) groups excluding carboxylic acids is 4. The molecule has 0 saturated carbocycles. The predicted molar refractivity (Wildman–Crippen MR) is 159 cm³/mol. The van der Waals surface area contributed by atoms with Crippen LogP contribution < -0.4 is 10.9 Å². The Hall–Kier alpha value is -4.77. The molecule has 0 aliphatic carbocycles. The number of esters is 3. The van der Waals surface area contributed by atoms with E-state index in [1.807, 2.05) is 30.3 Å². The maximum Gasteiger partial charge on any atom is 0.356 e. The summed E-state index contributed by atoms with van der Waals surface area (Å²) in [4.78, 5) is 65.5. The Morgan fingerprint density at radius 2 is 1.57 bits per heavy atom. The largest absolute Gasteiger partial charge is 0.465 e. The smallest absolute Gasteiger partial charge is 0.356 e. The van der Waals surface area contributed by atoms with Crippen LogP contribution in [0.25, 0.3) is 21.9 Å². The third-order valence-electron chi connectivity index (χ3n) is 6.71. The fourth-order valence-corrected chi connectivity index (χ4v) is 5.73. The van der Waals surface area contributed by atoms with E-state index >= 15 is 0 Å². The lowest BCUT2D eigenvalue weighted by molar-refractivity contribution is -0.124. The number of rotatable bonds is 9. The van der Waals surface area contributed by atoms with Crippen molar-refractivity contribution in [2.24, 2.45) is 7.05 Å². The zero-order valence-corrected chi connectivity index (χ0v) is 24.6. The highest BCUT2D eigenvalue weighted by Gasteiger charge is 2.31. The number of nitrogens with one attached hydrogen (secondary N) is 1. The van der Waals surface area contributed by atoms with Gasteiger partial charge in [0.05, 0.1) is 19.3 Å². The summed E-state index contributed by atoms with van der Waals surface area (Å²) < 4.78 is 16.9. The van der Waals surface area contributed by atoms with Crippen molar-refractivity contribution in [3.63, 3.8) is 0 Å². The Morgan fingerprint density at radius 1 is 0.929 bits per heavy atom. The van der Waals surface area contributed by atoms with Crippen LogP contribution >= 0.6 is 11.3 Å². The Bertz CT molecular complexity index is 1740. The van der Waals surface area contributed by atoms with Crippen LogP contribution in [0, 0.1) is 6.92 Å². The molecule has 1 unspecified atom stereocenters. The first-order chi connectivity index (χ1) is 20.1. The number of nitrogens with zero attached hydrogens (tertiary/aromatic N) is 1. The highest BCUT2D eigenvalue weighted by atomic mass is 32.1. The lowest BCUT2D eigenvalue weighted by atomic mass is 9.97. The van der Waals surface area contributed by atoms with Crippen molar-refractivity contribution < 1.29 is 33.4 Å². The molecular weight excluding hydrogens is 560 g/mol. The summed E-state index contributed by atoms with van der Waals surface area (Å²) in [5.41, 5.74) is 1.08. The zero-order valence-electron chi connectivity index (χ0n) is 23.8. The minimum absolute atomic E-state index is 0.00312. The van der Waals surface area contributed by atoms with Gasteiger partial charge in [0.2, 0.25) is 0 Å². The van der Waals surface area contributed by atoms with Crippen LogP contribution in [0.3, 0.4) is 0 Å². The van der Waals surface area contributed by atoms with Gasteiger partial charge in [0.15, 0.2) is 6.10 Å². The number of amides is 1. The number of fused-ring (bicyclic) bond motifs is 1. The zero-order chi connectivity index (χ0) is 30.6. The molecule has 11 heteroatoms. The first kappa shape index (κ1) is 30.2. The number of carbonyl (C=O) groups is 4. The fourth-order valence-electron chi connectivity index (χ4n) is 4.64. The molecule has 0 spiro atoms. The van der Waals surface area contributed by atoms with Gasteiger partial charge in [0.1, 0.15) is 15.6 Å². The molecule has 2 heterocycles. The van der Waals surface area contributed by atoms with E-state index < -0.39 is 35.5 Å². The summed E-state index contributed by atoms with van der Waals surface area (Å²) in [6, 6.07) is 16.1. The van der Waals surface area contributed by atoms with Gasteiger partial charge in [-0.15, -0.1) is 11.3 Å². The third kappa shape index (κ3) is 5.68. The molecule has 1 atom stereocenters. The van der Waals surface area contributed by atoms with E-state index in [1.54, 1.807) is 45.0 Å². The number of benzene rings is 2. The van der Waals surface area contributed by atoms with Gasteiger partial charge in [-0.25, -0.2) is 14.4 Å². The summed E-state index contributed by atoms with van der Waals surface area (Å²) >= 11 is 0.862. The normalized spacial score (nSPS) is 11.5. The van der Waals surface area contributed by atoms with Gasteiger partial charge < -0.3 is 24.1 Å². The van der Waals surface area contributed by atoms with E-state index in [-0.39, 0.29) is 34.2 Å². The van der Waals surface area contributed by atoms with Gasteiger partial charge in [-0.2, -0.15) is 0 Å². The number of aromatic nitrogens is 1. The maximum absolute atomic E-state index is 13.7. The van der Waals surface area contributed by atoms with Crippen molar-refractivity contribution in [3.8, 4) is 11.1 Å². The summed E-state index contributed by atoms with van der Waals surface area (Å²) in [5, 5.41) is 3.68. The Balaban J connectivity index is 1.72. The molecule has 1 amide bonds. The second kappa shape index (κ2) is 12.8. The summed E-state index contributed by atoms with van der Waals surface area (Å²) in [6.07, 6.45) is -1.20. The molecule has 218 valence electrons. The molecular formula is C31H30N2O8S. The minimum Gasteiger partial charge on any atom is -0.465 e. The summed E-state index contributed by atoms with van der Waals surface area (Å²) in [7, 11) is 2.66. The van der Waals surface area contributed by atoms with Gasteiger partial charge in [-0.3, -0.25) is 9.59 Å². The molecule has 2 aromatic carbocycles. The first-order valence-electron chi connectivity index (χ1n) is 13.2. The first-order valence-corrected chi connectivity index (χ1v) is 14.0. The van der Waals surface area contributed by atoms with Crippen molar-refractivity contribution in [1.29, 1.82) is 0 Å². The average molecular weight is 591 g/mol. The number of ether oxygens (including phenoxy) is 3. The number of hydrogen-bond acceptors (Lipinski definition) is 9. The molecule has 0 radical (unpaired) electrons. The monoisotopic (exact) mass is 590 g/mol. The maximum atomic E-state index is 13.7. The van der Waals surface area contributed by atoms with Crippen LogP contribution in [-0.4, -0.2) is 48.2 Å². The van der Waals surface area contributed by atoms with E-state index in [0.29, 0.717) is 27.5 Å². The fraction of sp³-hybridized carbons (Fsp3) is 0.258. The summed E-state index contributed by atoms with van der Waals surface area (Å²) in [5.74, 6) is -2.99. The topological polar surface area (TPSA) is 130 Å². The number of thiophene rings is 1. The molecule has 4 rings (SSSR count). The van der Waals surface area contributed by atoms with Crippen LogP contribution in [0.15, 0.2) is 59.4 Å². The Morgan fingerprint density at radius 3 is 2.19 bits per heavy atom. The molecule has 0 saturated heterocycles. The number of pyridine rings is 1. The molecule has 4 aromatic rings. The van der Waals surface area contributed by atoms with Gasteiger partial charge in [-0.05, 0) is 42.8 Å². The molecule has 0 fully saturated rings. The molecule has 10 nitrogen and oxygen atoms in total. The lowest BCUT2D eigenvalue weighted by Crippen LogP contribution is -2.34. The molecule has 1 N–H and O–H groups in total. The van der Waals surface area contributed by atoms with E-state index in [9.17, 15) is 24.0 Å². The van der Waals surface area contributed by atoms with Gasteiger partial charge in [0.25, 0.3) is 11.5 Å². The Labute approximate surface area is 245 Å². The van der Waals surface area contributed by atoms with Crippen LogP contribution in [0.5, 0.6) is 0 Å². The van der Waals surface area contributed by atoms with Crippen molar-refractivity contribution in [1.82, 2.24) is 4.57 Å². The highest BCUT2D eigenvalue weighted by molar-refractivity contribution is 7.18. The van der Waals surface area contributed by atoms with E-state index in [0.717, 1.165) is 11.3 Å². The lowest BCUT2D eigenvalue weighted by Gasteiger charge is -2.20. The minimum atomic E-state index is -1.29. The van der Waals surface area contributed by atoms with Crippen molar-refractivity contribution >= 4 is 50.9 Å². The second-order valence-electron chi connectivity index (χ2n) is 9.26. The van der Waals surface area contributed by atoms with E-state index in [2.05, 4.69) is 5.32 Å². The van der Waals surface area contributed by atoms with Crippen molar-refractivity contribution in [2.75, 3.05) is 19.0 Å². The standard InChI is InChI=1S/C31H30N2O8S/c1-6-21(26(34)32-27-22(29(36)39-5)17(3)25(42-27)31(38)40-7-2)41-30(37)24-23(18-13-9-8-10-14-18)19-15-11-12-16-20(19)28(35)33(24)4/h8-16,21H,6-7H2,1-5H3,(H,32,34). The highest BCUT2D eigenvalue weighted by Crippen LogP contribution is 2.35. The van der Waals surface area contributed by atoms with Gasteiger partial charge in [-0.1, -0.05) is 55.5 Å². The van der Waals surface area contributed by atoms with Crippen molar-refractivity contribution in [3.05, 3.63) is 86.6 Å². The second-order valence-corrected chi connectivity index (χ2v) is 10.3. The number of hydrogen-bond donors (Lipinski definition) is 1. The van der Waals surface area contributed by atoms with Crippen molar-refractivity contribution in [2.45, 2.75) is 33.3 Å². The predicted octanol–water partition coefficient (Wildman–Crippen LogP) is 5.11. The SMILES string of the molecule is CCOC(=O)c1sc(NC(=O)C(CC)OC(=O)c2c(-c3ccccc3)c3ccccc3c(=O)n2C)c(C(=O)OC)c1C. The molecule has 2 aromatic heterocycles. The molecule has 42 heavy (non-hydrogen) atoms. The number of anilines is 1. The van der Waals surface area contributed by atoms with Crippen LogP contribution in [0.2, 0.25) is 0 Å². The quantitative estimate of drug-likeness (QED) is 0.210. The summed E-state index contributed by atoms with van der Waals surface area (Å²) in [6.45, 7) is 4.98. The van der Waals surface area contributed by atoms with Gasteiger partial charge in [0, 0.05) is 18.0 Å². The average Bonchev–Trinajstić information content (AvgIpc) is 3.32. The van der Waals surface area contributed by atoms with Crippen LogP contribution in [0.4, 0.5) is 5.00 Å². The van der Waals surface area contributed by atoms with Crippen LogP contribution in [0.1, 0.15) is 56.3 Å². The van der Waals surface area contributed by atoms with Gasteiger partial charge >= 0.3 is 17.9 Å². The molecule has 0 aliphatic heterocycles.